The summed E-state index contributed by atoms with van der Waals surface area (Å²) < 4.78 is 10.9. The Bertz CT molecular complexity index is 1530. The second-order valence-corrected chi connectivity index (χ2v) is 12.6. The number of hydrogen-bond acceptors (Lipinski definition) is 10. The average Bonchev–Trinajstić information content (AvgIpc) is 3.06. The molecule has 2 aliphatic rings. The van der Waals surface area contributed by atoms with Crippen molar-refractivity contribution < 1.29 is 19.1 Å². The van der Waals surface area contributed by atoms with Crippen LogP contribution in [0, 0.1) is 0 Å². The summed E-state index contributed by atoms with van der Waals surface area (Å²) in [6, 6.07) is 13.8. The van der Waals surface area contributed by atoms with E-state index in [9.17, 15) is 9.59 Å². The highest BCUT2D eigenvalue weighted by molar-refractivity contribution is 5.90. The van der Waals surface area contributed by atoms with Gasteiger partial charge < -0.3 is 25.0 Å². The number of benzene rings is 1. The molecule has 11 heteroatoms. The Balaban J connectivity index is 1.24. The quantitative estimate of drug-likeness (QED) is 0.189. The second-order valence-electron chi connectivity index (χ2n) is 12.6. The molecule has 2 aliphatic heterocycles. The van der Waals surface area contributed by atoms with Crippen LogP contribution in [-0.2, 0) is 33.7 Å². The van der Waals surface area contributed by atoms with Gasteiger partial charge in [-0.25, -0.2) is 24.5 Å². The van der Waals surface area contributed by atoms with Crippen LogP contribution in [0.5, 0.6) is 0 Å². The molecule has 0 atom stereocenters. The maximum absolute atomic E-state index is 13.1. The molecule has 0 spiro atoms. The molecule has 3 N–H and O–H groups in total. The van der Waals surface area contributed by atoms with Crippen molar-refractivity contribution in [3.63, 3.8) is 0 Å². The SMILES string of the molecule is CCc1c(NC/C(=C\NC(=O)OCc2ccccc2)C(=O)OC(C)(C)C)ncnc1N1CCC(c2ccc3c(n2)NCCC3)CC1. The Morgan fingerprint density at radius 3 is 2.61 bits per heavy atom. The van der Waals surface area contributed by atoms with Crippen LogP contribution in [0.15, 0.2) is 60.6 Å². The molecule has 1 aromatic carbocycles. The van der Waals surface area contributed by atoms with E-state index >= 15 is 0 Å². The predicted molar refractivity (Wildman–Crippen MR) is 179 cm³/mol. The fourth-order valence-electron chi connectivity index (χ4n) is 5.73. The smallest absolute Gasteiger partial charge is 0.411 e. The number of anilines is 3. The topological polar surface area (TPSA) is 131 Å². The Morgan fingerprint density at radius 2 is 1.87 bits per heavy atom. The minimum atomic E-state index is -0.710. The minimum absolute atomic E-state index is 0.0808. The number of ether oxygens (including phenoxy) is 2. The van der Waals surface area contributed by atoms with Gasteiger partial charge in [0, 0.05) is 43.0 Å². The first kappa shape index (κ1) is 32.7. The third-order valence-electron chi connectivity index (χ3n) is 8.09. The maximum atomic E-state index is 13.1. The standard InChI is InChI=1S/C35H45N7O4/c1-5-28-31(37-20-27(33(43)46-35(2,3)4)21-38-34(44)45-22-24-10-7-6-8-11-24)39-23-40-32(28)42-18-15-25(16-19-42)29-14-13-26-12-9-17-36-30(26)41-29/h6-8,10-11,13-14,21,23,25H,5,9,12,15-20,22H2,1-4H3,(H,36,41)(H,38,44)(H,37,39,40)/b27-21+. The molecule has 1 saturated heterocycles. The molecule has 11 nitrogen and oxygen atoms in total. The molecule has 1 amide bonds. The fourth-order valence-corrected chi connectivity index (χ4v) is 5.73. The normalized spacial score (nSPS) is 15.4. The number of pyridine rings is 1. The lowest BCUT2D eigenvalue weighted by Crippen LogP contribution is -2.35. The highest BCUT2D eigenvalue weighted by Gasteiger charge is 2.26. The second kappa shape index (κ2) is 15.1. The number of fused-ring (bicyclic) bond motifs is 1. The summed E-state index contributed by atoms with van der Waals surface area (Å²) in [6.07, 6.45) is 7.12. The Labute approximate surface area is 271 Å². The predicted octanol–water partition coefficient (Wildman–Crippen LogP) is 5.74. The number of carbonyl (C=O) groups excluding carboxylic acids is 2. The van der Waals surface area contributed by atoms with Crippen molar-refractivity contribution in [3.05, 3.63) is 82.9 Å². The number of aryl methyl sites for hydroxylation is 1. The van der Waals surface area contributed by atoms with Crippen LogP contribution in [0.2, 0.25) is 0 Å². The number of hydrogen-bond donors (Lipinski definition) is 3. The molecule has 2 aromatic heterocycles. The first-order chi connectivity index (χ1) is 22.2. The summed E-state index contributed by atoms with van der Waals surface area (Å²) >= 11 is 0. The third-order valence-corrected chi connectivity index (χ3v) is 8.09. The van der Waals surface area contributed by atoms with Crippen LogP contribution < -0.4 is 20.9 Å². The summed E-state index contributed by atoms with van der Waals surface area (Å²) in [4.78, 5) is 42.0. The monoisotopic (exact) mass is 627 g/mol. The number of rotatable bonds is 10. The average molecular weight is 628 g/mol. The third kappa shape index (κ3) is 8.74. The molecule has 0 radical (unpaired) electrons. The van der Waals surface area contributed by atoms with Gasteiger partial charge in [0.25, 0.3) is 0 Å². The van der Waals surface area contributed by atoms with Crippen LogP contribution in [-0.4, -0.2) is 58.8 Å². The largest absolute Gasteiger partial charge is 0.457 e. The van der Waals surface area contributed by atoms with Gasteiger partial charge in [0.15, 0.2) is 0 Å². The van der Waals surface area contributed by atoms with E-state index < -0.39 is 17.7 Å². The lowest BCUT2D eigenvalue weighted by atomic mass is 9.92. The van der Waals surface area contributed by atoms with Gasteiger partial charge in [0.2, 0.25) is 0 Å². The van der Waals surface area contributed by atoms with Crippen molar-refractivity contribution in [2.45, 2.75) is 77.9 Å². The lowest BCUT2D eigenvalue weighted by molar-refractivity contribution is -0.149. The van der Waals surface area contributed by atoms with E-state index in [1.165, 1.54) is 11.8 Å². The summed E-state index contributed by atoms with van der Waals surface area (Å²) in [5.41, 5.74) is 3.81. The zero-order valence-corrected chi connectivity index (χ0v) is 27.3. The number of carbonyl (C=O) groups is 2. The molecule has 0 unspecified atom stereocenters. The molecule has 244 valence electrons. The summed E-state index contributed by atoms with van der Waals surface area (Å²) in [7, 11) is 0. The van der Waals surface area contributed by atoms with E-state index in [0.717, 1.165) is 73.8 Å². The van der Waals surface area contributed by atoms with Crippen LogP contribution in [0.3, 0.4) is 0 Å². The van der Waals surface area contributed by atoms with Crippen LogP contribution in [0.25, 0.3) is 0 Å². The number of esters is 1. The van der Waals surface area contributed by atoms with Gasteiger partial charge in [-0.2, -0.15) is 0 Å². The molecule has 1 fully saturated rings. The van der Waals surface area contributed by atoms with Gasteiger partial charge in [-0.1, -0.05) is 43.3 Å². The molecule has 46 heavy (non-hydrogen) atoms. The molecule has 4 heterocycles. The fraction of sp³-hybridized carbons (Fsp3) is 0.457. The first-order valence-electron chi connectivity index (χ1n) is 16.2. The highest BCUT2D eigenvalue weighted by Crippen LogP contribution is 2.33. The number of piperidine rings is 1. The van der Waals surface area contributed by atoms with Crippen molar-refractivity contribution in [3.8, 4) is 0 Å². The number of aromatic nitrogens is 3. The van der Waals surface area contributed by atoms with Gasteiger partial charge >= 0.3 is 12.1 Å². The Hall–Kier alpha value is -4.67. The summed E-state index contributed by atoms with van der Waals surface area (Å²) in [5.74, 6) is 2.43. The molecule has 3 aromatic rings. The van der Waals surface area contributed by atoms with E-state index in [-0.39, 0.29) is 18.7 Å². The minimum Gasteiger partial charge on any atom is -0.457 e. The molecular formula is C35H45N7O4. The molecule has 0 saturated carbocycles. The zero-order valence-electron chi connectivity index (χ0n) is 27.3. The Kier molecular flexibility index (Phi) is 10.7. The van der Waals surface area contributed by atoms with Crippen LogP contribution in [0.4, 0.5) is 22.2 Å². The lowest BCUT2D eigenvalue weighted by Gasteiger charge is -2.34. The van der Waals surface area contributed by atoms with E-state index in [0.29, 0.717) is 18.2 Å². The molecule has 0 aliphatic carbocycles. The zero-order chi connectivity index (χ0) is 32.5. The van der Waals surface area contributed by atoms with Gasteiger partial charge in [-0.15, -0.1) is 0 Å². The number of nitrogens with zero attached hydrogens (tertiary/aromatic N) is 4. The van der Waals surface area contributed by atoms with Crippen molar-refractivity contribution in [1.82, 2.24) is 20.3 Å². The highest BCUT2D eigenvalue weighted by atomic mass is 16.6. The van der Waals surface area contributed by atoms with Crippen LogP contribution >= 0.6 is 0 Å². The van der Waals surface area contributed by atoms with Gasteiger partial charge in [-0.3, -0.25) is 5.32 Å². The van der Waals surface area contributed by atoms with Gasteiger partial charge in [0.05, 0.1) is 12.1 Å². The summed E-state index contributed by atoms with van der Waals surface area (Å²) in [5, 5.41) is 9.32. The van der Waals surface area contributed by atoms with E-state index in [4.69, 9.17) is 14.5 Å². The van der Waals surface area contributed by atoms with Crippen LogP contribution in [0.1, 0.15) is 75.3 Å². The van der Waals surface area contributed by atoms with Crippen molar-refractivity contribution in [1.29, 1.82) is 0 Å². The van der Waals surface area contributed by atoms with E-state index in [1.807, 2.05) is 30.3 Å². The maximum Gasteiger partial charge on any atom is 0.411 e. The van der Waals surface area contributed by atoms with Crippen molar-refractivity contribution in [2.75, 3.05) is 41.7 Å². The van der Waals surface area contributed by atoms with Gasteiger partial charge in [0.1, 0.15) is 36.0 Å². The van der Waals surface area contributed by atoms with Crippen molar-refractivity contribution in [2.24, 2.45) is 0 Å². The Morgan fingerprint density at radius 1 is 1.09 bits per heavy atom. The number of alkyl carbamates (subject to hydrolysis) is 1. The van der Waals surface area contributed by atoms with E-state index in [2.05, 4.69) is 49.9 Å². The molecular weight excluding hydrogens is 582 g/mol. The number of nitrogens with one attached hydrogen (secondary N) is 3. The molecule has 0 bridgehead atoms. The van der Waals surface area contributed by atoms with Gasteiger partial charge in [-0.05, 0) is 70.1 Å². The molecule has 5 rings (SSSR count). The summed E-state index contributed by atoms with van der Waals surface area (Å²) in [6.45, 7) is 10.4. The van der Waals surface area contributed by atoms with Crippen molar-refractivity contribution >= 4 is 29.5 Å². The van der Waals surface area contributed by atoms with E-state index in [1.54, 1.807) is 27.1 Å². The number of amides is 1. The first-order valence-corrected chi connectivity index (χ1v) is 16.2.